The molecule has 194 valence electrons. The molecular formula is C26H48N6OS. The summed E-state index contributed by atoms with van der Waals surface area (Å²) in [7, 11) is 0. The van der Waals surface area contributed by atoms with Crippen LogP contribution in [0, 0.1) is 11.8 Å². The molecule has 7 atom stereocenters. The van der Waals surface area contributed by atoms with Gasteiger partial charge in [0.2, 0.25) is 0 Å². The molecular weight excluding hydrogens is 444 g/mol. The molecule has 6 aliphatic rings. The van der Waals surface area contributed by atoms with Gasteiger partial charge in [-0.25, -0.2) is 4.79 Å². The van der Waals surface area contributed by atoms with E-state index in [1.807, 2.05) is 11.8 Å². The lowest BCUT2D eigenvalue weighted by atomic mass is 9.75. The molecule has 0 radical (unpaired) electrons. The van der Waals surface area contributed by atoms with Crippen LogP contribution in [0.25, 0.3) is 0 Å². The largest absolute Gasteiger partial charge is 0.337 e. The molecule has 0 aromatic carbocycles. The number of amides is 2. The lowest BCUT2D eigenvalue weighted by molar-refractivity contribution is -0.0205. The maximum Gasteiger partial charge on any atom is 0.315 e. The van der Waals surface area contributed by atoms with Crippen molar-refractivity contribution in [1.82, 2.24) is 30.7 Å². The predicted molar refractivity (Wildman–Crippen MR) is 141 cm³/mol. The van der Waals surface area contributed by atoms with Gasteiger partial charge in [-0.1, -0.05) is 6.42 Å². The van der Waals surface area contributed by atoms with Crippen LogP contribution in [0.3, 0.4) is 0 Å². The van der Waals surface area contributed by atoms with Crippen molar-refractivity contribution in [3.8, 4) is 0 Å². The number of nitrogens with one attached hydrogen (secondary N) is 3. The van der Waals surface area contributed by atoms with Gasteiger partial charge in [0, 0.05) is 63.1 Å². The van der Waals surface area contributed by atoms with Gasteiger partial charge < -0.3 is 20.9 Å². The molecule has 0 spiro atoms. The third-order valence-electron chi connectivity index (χ3n) is 9.43. The Hall–Kier alpha value is -0.540. The molecule has 34 heavy (non-hydrogen) atoms. The first-order valence-corrected chi connectivity index (χ1v) is 15.5. The number of nitrogens with zero attached hydrogens (tertiary/aromatic N) is 3. The van der Waals surface area contributed by atoms with Crippen molar-refractivity contribution >= 4 is 17.8 Å². The molecule has 2 amide bonds. The van der Waals surface area contributed by atoms with E-state index in [-0.39, 0.29) is 6.03 Å². The minimum Gasteiger partial charge on any atom is -0.337 e. The number of rotatable bonds is 7. The van der Waals surface area contributed by atoms with Crippen LogP contribution >= 0.6 is 11.8 Å². The third kappa shape index (κ3) is 6.41. The molecule has 6 fully saturated rings. The van der Waals surface area contributed by atoms with Crippen molar-refractivity contribution < 1.29 is 4.79 Å². The number of carbonyl (C=O) groups excluding carboxylic acids is 1. The summed E-state index contributed by atoms with van der Waals surface area (Å²) in [5, 5.41) is 10.9. The van der Waals surface area contributed by atoms with E-state index < -0.39 is 0 Å². The van der Waals surface area contributed by atoms with Crippen molar-refractivity contribution in [3.05, 3.63) is 0 Å². The summed E-state index contributed by atoms with van der Waals surface area (Å²) in [4.78, 5) is 20.7. The van der Waals surface area contributed by atoms with E-state index in [4.69, 9.17) is 0 Å². The Morgan fingerprint density at radius 3 is 2.59 bits per heavy atom. The van der Waals surface area contributed by atoms with Crippen molar-refractivity contribution in [1.29, 1.82) is 0 Å². The average Bonchev–Trinajstić information content (AvgIpc) is 2.89. The Bertz CT molecular complexity index is 653. The highest BCUT2D eigenvalue weighted by atomic mass is 32.2. The standard InChI is InChI=1S/C26H48N6OS/c1-34-24-6-4-5-22(16-24)29-26(33)28-17-23-15-20-8-10-32(23)19-21(20)18-30-11-13-31(14-12-30)25-7-2-3-9-27-25/h20-25,27H,2-19H2,1H3,(H2,28,29,33). The van der Waals surface area contributed by atoms with Crippen LogP contribution in [0.5, 0.6) is 0 Å². The van der Waals surface area contributed by atoms with E-state index in [0.29, 0.717) is 23.5 Å². The molecule has 0 aromatic heterocycles. The van der Waals surface area contributed by atoms with Crippen LogP contribution in [0.4, 0.5) is 4.79 Å². The second-order valence-corrected chi connectivity index (χ2v) is 12.7. The monoisotopic (exact) mass is 492 g/mol. The number of hydrogen-bond donors (Lipinski definition) is 3. The fourth-order valence-electron chi connectivity index (χ4n) is 7.34. The summed E-state index contributed by atoms with van der Waals surface area (Å²) in [6.45, 7) is 10.6. The minimum atomic E-state index is 0.0521. The van der Waals surface area contributed by atoms with Gasteiger partial charge in [0.25, 0.3) is 0 Å². The van der Waals surface area contributed by atoms with E-state index >= 15 is 0 Å². The van der Waals surface area contributed by atoms with E-state index in [1.165, 1.54) is 97.3 Å². The van der Waals surface area contributed by atoms with Crippen LogP contribution < -0.4 is 16.0 Å². The zero-order valence-corrected chi connectivity index (χ0v) is 22.2. The van der Waals surface area contributed by atoms with Gasteiger partial charge in [0.1, 0.15) is 0 Å². The van der Waals surface area contributed by atoms with Crippen molar-refractivity contribution in [2.45, 2.75) is 81.3 Å². The maximum atomic E-state index is 12.6. The summed E-state index contributed by atoms with van der Waals surface area (Å²) in [6.07, 6.45) is 14.3. The molecule has 3 N–H and O–H groups in total. The minimum absolute atomic E-state index is 0.0521. The fraction of sp³-hybridized carbons (Fsp3) is 0.962. The lowest BCUT2D eigenvalue weighted by Crippen LogP contribution is -2.60. The normalized spacial score (nSPS) is 39.6. The van der Waals surface area contributed by atoms with Gasteiger partial charge >= 0.3 is 6.03 Å². The highest BCUT2D eigenvalue weighted by molar-refractivity contribution is 7.99. The molecule has 0 aromatic rings. The Kier molecular flexibility index (Phi) is 8.96. The molecule has 1 aliphatic carbocycles. The second-order valence-electron chi connectivity index (χ2n) is 11.6. The van der Waals surface area contributed by atoms with Crippen LogP contribution in [0.15, 0.2) is 0 Å². The van der Waals surface area contributed by atoms with Gasteiger partial charge in [0.05, 0.1) is 6.17 Å². The van der Waals surface area contributed by atoms with Crippen molar-refractivity contribution in [2.24, 2.45) is 11.8 Å². The summed E-state index contributed by atoms with van der Waals surface area (Å²) in [5.74, 6) is 1.64. The molecule has 5 saturated heterocycles. The van der Waals surface area contributed by atoms with Crippen molar-refractivity contribution in [2.75, 3.05) is 65.2 Å². The van der Waals surface area contributed by atoms with Gasteiger partial charge in [-0.05, 0) is 82.5 Å². The van der Waals surface area contributed by atoms with E-state index in [0.717, 1.165) is 31.2 Å². The third-order valence-corrected chi connectivity index (χ3v) is 10.5. The first kappa shape index (κ1) is 25.1. The quantitative estimate of drug-likeness (QED) is 0.507. The van der Waals surface area contributed by atoms with Crippen LogP contribution in [-0.4, -0.2) is 109 Å². The molecule has 8 heteroatoms. The molecule has 1 saturated carbocycles. The number of thioether (sulfide) groups is 1. The number of fused-ring (bicyclic) bond motifs is 3. The number of hydrogen-bond acceptors (Lipinski definition) is 6. The van der Waals surface area contributed by atoms with Gasteiger partial charge in [-0.3, -0.25) is 9.80 Å². The van der Waals surface area contributed by atoms with E-state index in [2.05, 4.69) is 36.9 Å². The Morgan fingerprint density at radius 1 is 0.971 bits per heavy atom. The molecule has 5 aliphatic heterocycles. The van der Waals surface area contributed by atoms with Gasteiger partial charge in [-0.15, -0.1) is 0 Å². The summed E-state index contributed by atoms with van der Waals surface area (Å²) in [5.41, 5.74) is 0. The number of piperidine rings is 4. The summed E-state index contributed by atoms with van der Waals surface area (Å²) < 4.78 is 0. The second kappa shape index (κ2) is 12.1. The molecule has 7 unspecified atom stereocenters. The zero-order valence-electron chi connectivity index (χ0n) is 21.4. The smallest absolute Gasteiger partial charge is 0.315 e. The average molecular weight is 493 g/mol. The van der Waals surface area contributed by atoms with Gasteiger partial charge in [0.15, 0.2) is 0 Å². The molecule has 6 rings (SSSR count). The van der Waals surface area contributed by atoms with Gasteiger partial charge in [-0.2, -0.15) is 11.8 Å². The zero-order chi connectivity index (χ0) is 23.3. The molecule has 2 bridgehead atoms. The first-order valence-electron chi connectivity index (χ1n) is 14.2. The number of carbonyl (C=O) groups is 1. The maximum absolute atomic E-state index is 12.6. The van der Waals surface area contributed by atoms with Crippen LogP contribution in [0.1, 0.15) is 57.8 Å². The summed E-state index contributed by atoms with van der Waals surface area (Å²) >= 11 is 1.95. The Balaban J connectivity index is 1.01. The highest BCUT2D eigenvalue weighted by Gasteiger charge is 2.41. The van der Waals surface area contributed by atoms with Crippen molar-refractivity contribution in [3.63, 3.8) is 0 Å². The topological polar surface area (TPSA) is 62.9 Å². The van der Waals surface area contributed by atoms with E-state index in [9.17, 15) is 4.79 Å². The van der Waals surface area contributed by atoms with Crippen LogP contribution in [0.2, 0.25) is 0 Å². The number of piperazine rings is 1. The Morgan fingerprint density at radius 2 is 1.85 bits per heavy atom. The fourth-order valence-corrected chi connectivity index (χ4v) is 8.17. The highest BCUT2D eigenvalue weighted by Crippen LogP contribution is 2.36. The SMILES string of the molecule is CSC1CCCC(NC(=O)NCC2CC3CCN2CC3CN2CCN(C3CCCCN3)CC2)C1. The predicted octanol–water partition coefficient (Wildman–Crippen LogP) is 2.39. The Labute approximate surface area is 211 Å². The number of urea groups is 1. The molecule has 7 nitrogen and oxygen atoms in total. The lowest BCUT2D eigenvalue weighted by Gasteiger charge is -2.51. The first-order chi connectivity index (χ1) is 16.7. The summed E-state index contributed by atoms with van der Waals surface area (Å²) in [6, 6.07) is 0.935. The van der Waals surface area contributed by atoms with E-state index in [1.54, 1.807) is 0 Å². The molecule has 5 heterocycles. The van der Waals surface area contributed by atoms with Crippen LogP contribution in [-0.2, 0) is 0 Å².